The van der Waals surface area contributed by atoms with Crippen LogP contribution in [0.25, 0.3) is 11.1 Å². The molecule has 1 aliphatic rings. The van der Waals surface area contributed by atoms with E-state index in [9.17, 15) is 0 Å². The van der Waals surface area contributed by atoms with Crippen LogP contribution in [0, 0.1) is 5.92 Å². The van der Waals surface area contributed by atoms with E-state index in [1.165, 1.54) is 27.8 Å². The Morgan fingerprint density at radius 2 is 1.70 bits per heavy atom. The van der Waals surface area contributed by atoms with Gasteiger partial charge < -0.3 is 4.74 Å². The van der Waals surface area contributed by atoms with Gasteiger partial charge in [0, 0.05) is 0 Å². The summed E-state index contributed by atoms with van der Waals surface area (Å²) in [5.74, 6) is 0.559. The summed E-state index contributed by atoms with van der Waals surface area (Å²) in [5.41, 5.74) is 7.00. The first-order valence-corrected chi connectivity index (χ1v) is 7.47. The van der Waals surface area contributed by atoms with E-state index in [-0.39, 0.29) is 0 Å². The van der Waals surface area contributed by atoms with Crippen LogP contribution in [0.3, 0.4) is 0 Å². The summed E-state index contributed by atoms with van der Waals surface area (Å²) in [6, 6.07) is 15.3. The first kappa shape index (κ1) is 13.4. The SMILES string of the molecule is CC(C)C(C)OCc1cccc2c1Cc1ccccc1-2. The highest BCUT2D eigenvalue weighted by atomic mass is 16.5. The lowest BCUT2D eigenvalue weighted by Gasteiger charge is -2.18. The zero-order valence-corrected chi connectivity index (χ0v) is 12.5. The lowest BCUT2D eigenvalue weighted by atomic mass is 10.0. The zero-order valence-electron chi connectivity index (χ0n) is 12.5. The highest BCUT2D eigenvalue weighted by Crippen LogP contribution is 2.38. The largest absolute Gasteiger partial charge is 0.374 e. The van der Waals surface area contributed by atoms with Gasteiger partial charge in [-0.05, 0) is 47.1 Å². The van der Waals surface area contributed by atoms with Crippen molar-refractivity contribution in [3.63, 3.8) is 0 Å². The van der Waals surface area contributed by atoms with Gasteiger partial charge in [-0.15, -0.1) is 0 Å². The second kappa shape index (κ2) is 5.41. The molecule has 1 aliphatic carbocycles. The van der Waals surface area contributed by atoms with Crippen molar-refractivity contribution in [2.24, 2.45) is 5.92 Å². The van der Waals surface area contributed by atoms with Gasteiger partial charge in [0.05, 0.1) is 12.7 Å². The molecule has 2 aromatic carbocycles. The summed E-state index contributed by atoms with van der Waals surface area (Å²) >= 11 is 0. The first-order valence-electron chi connectivity index (χ1n) is 7.47. The Hall–Kier alpha value is -1.60. The fourth-order valence-electron chi connectivity index (χ4n) is 2.77. The van der Waals surface area contributed by atoms with Crippen molar-refractivity contribution >= 4 is 0 Å². The molecule has 1 unspecified atom stereocenters. The van der Waals surface area contributed by atoms with Gasteiger partial charge in [-0.2, -0.15) is 0 Å². The Balaban J connectivity index is 1.86. The molecule has 0 saturated carbocycles. The van der Waals surface area contributed by atoms with E-state index in [0.29, 0.717) is 12.0 Å². The van der Waals surface area contributed by atoms with Crippen LogP contribution in [-0.4, -0.2) is 6.10 Å². The summed E-state index contributed by atoms with van der Waals surface area (Å²) in [4.78, 5) is 0. The van der Waals surface area contributed by atoms with E-state index in [1.807, 2.05) is 0 Å². The van der Waals surface area contributed by atoms with Crippen LogP contribution in [0.5, 0.6) is 0 Å². The molecule has 104 valence electrons. The lowest BCUT2D eigenvalue weighted by molar-refractivity contribution is 0.0232. The molecule has 0 radical (unpaired) electrons. The first-order chi connectivity index (χ1) is 9.66. The Kier molecular flexibility index (Phi) is 3.62. The minimum atomic E-state index is 0.301. The summed E-state index contributed by atoms with van der Waals surface area (Å²) in [7, 11) is 0. The van der Waals surface area contributed by atoms with Crippen molar-refractivity contribution in [3.05, 3.63) is 59.2 Å². The Morgan fingerprint density at radius 3 is 2.50 bits per heavy atom. The Bertz CT molecular complexity index is 613. The third-order valence-corrected chi connectivity index (χ3v) is 4.39. The fraction of sp³-hybridized carbons (Fsp3) is 0.368. The molecule has 0 saturated heterocycles. The van der Waals surface area contributed by atoms with Gasteiger partial charge in [-0.25, -0.2) is 0 Å². The smallest absolute Gasteiger partial charge is 0.0723 e. The van der Waals surface area contributed by atoms with Crippen molar-refractivity contribution in [1.29, 1.82) is 0 Å². The second-order valence-corrected chi connectivity index (χ2v) is 6.04. The van der Waals surface area contributed by atoms with Crippen LogP contribution >= 0.6 is 0 Å². The minimum absolute atomic E-state index is 0.301. The maximum Gasteiger partial charge on any atom is 0.0723 e. The normalized spacial score (nSPS) is 14.2. The van der Waals surface area contributed by atoms with Crippen molar-refractivity contribution < 1.29 is 4.74 Å². The second-order valence-electron chi connectivity index (χ2n) is 6.04. The van der Waals surface area contributed by atoms with Crippen molar-refractivity contribution in [3.8, 4) is 11.1 Å². The average molecular weight is 266 g/mol. The number of hydrogen-bond acceptors (Lipinski definition) is 1. The standard InChI is InChI=1S/C19H22O/c1-13(2)14(3)20-12-16-8-6-10-18-17-9-5-4-7-15(17)11-19(16)18/h4-10,13-14H,11-12H2,1-3H3. The number of rotatable bonds is 4. The van der Waals surface area contributed by atoms with Gasteiger partial charge in [-0.1, -0.05) is 56.3 Å². The molecular weight excluding hydrogens is 244 g/mol. The quantitative estimate of drug-likeness (QED) is 0.658. The molecule has 0 N–H and O–H groups in total. The van der Waals surface area contributed by atoms with Gasteiger partial charge in [0.25, 0.3) is 0 Å². The van der Waals surface area contributed by atoms with Gasteiger partial charge in [0.15, 0.2) is 0 Å². The zero-order chi connectivity index (χ0) is 14.1. The van der Waals surface area contributed by atoms with Crippen LogP contribution in [0.4, 0.5) is 0 Å². The van der Waals surface area contributed by atoms with Gasteiger partial charge in [-0.3, -0.25) is 0 Å². The predicted molar refractivity (Wildman–Crippen MR) is 83.8 cm³/mol. The fourth-order valence-corrected chi connectivity index (χ4v) is 2.77. The van der Waals surface area contributed by atoms with Crippen LogP contribution in [0.1, 0.15) is 37.5 Å². The van der Waals surface area contributed by atoms with Crippen LogP contribution in [-0.2, 0) is 17.8 Å². The highest BCUT2D eigenvalue weighted by molar-refractivity contribution is 5.77. The van der Waals surface area contributed by atoms with E-state index in [4.69, 9.17) is 4.74 Å². The topological polar surface area (TPSA) is 9.23 Å². The summed E-state index contributed by atoms with van der Waals surface area (Å²) < 4.78 is 6.01. The molecule has 0 amide bonds. The maximum absolute atomic E-state index is 6.01. The average Bonchev–Trinajstić information content (AvgIpc) is 2.83. The van der Waals surface area contributed by atoms with Gasteiger partial charge >= 0.3 is 0 Å². The van der Waals surface area contributed by atoms with Crippen LogP contribution in [0.15, 0.2) is 42.5 Å². The molecule has 0 bridgehead atoms. The number of ether oxygens (including phenoxy) is 1. The molecule has 0 aromatic heterocycles. The molecule has 0 aliphatic heterocycles. The number of hydrogen-bond donors (Lipinski definition) is 0. The van der Waals surface area contributed by atoms with E-state index >= 15 is 0 Å². The molecule has 1 atom stereocenters. The van der Waals surface area contributed by atoms with Crippen molar-refractivity contribution in [1.82, 2.24) is 0 Å². The lowest BCUT2D eigenvalue weighted by Crippen LogP contribution is -2.15. The third-order valence-electron chi connectivity index (χ3n) is 4.39. The van der Waals surface area contributed by atoms with Crippen molar-refractivity contribution in [2.45, 2.75) is 39.9 Å². The predicted octanol–water partition coefficient (Wildman–Crippen LogP) is 4.82. The summed E-state index contributed by atoms with van der Waals surface area (Å²) in [5, 5.41) is 0. The Morgan fingerprint density at radius 1 is 0.950 bits per heavy atom. The molecule has 3 rings (SSSR count). The molecule has 1 heteroatoms. The van der Waals surface area contributed by atoms with E-state index < -0.39 is 0 Å². The molecule has 0 heterocycles. The van der Waals surface area contributed by atoms with Crippen LogP contribution in [0.2, 0.25) is 0 Å². The van der Waals surface area contributed by atoms with Crippen LogP contribution < -0.4 is 0 Å². The van der Waals surface area contributed by atoms with E-state index in [1.54, 1.807) is 0 Å². The molecule has 20 heavy (non-hydrogen) atoms. The molecule has 2 aromatic rings. The molecule has 0 spiro atoms. The molecular formula is C19H22O. The molecule has 0 fully saturated rings. The summed E-state index contributed by atoms with van der Waals surface area (Å²) in [6.07, 6.45) is 1.34. The van der Waals surface area contributed by atoms with E-state index in [2.05, 4.69) is 63.2 Å². The Labute approximate surface area is 121 Å². The monoisotopic (exact) mass is 266 g/mol. The number of benzene rings is 2. The maximum atomic E-state index is 6.01. The summed E-state index contributed by atoms with van der Waals surface area (Å²) in [6.45, 7) is 7.28. The third kappa shape index (κ3) is 2.38. The van der Waals surface area contributed by atoms with E-state index in [0.717, 1.165) is 13.0 Å². The molecule has 1 nitrogen and oxygen atoms in total. The van der Waals surface area contributed by atoms with Crippen molar-refractivity contribution in [2.75, 3.05) is 0 Å². The number of fused-ring (bicyclic) bond motifs is 3. The minimum Gasteiger partial charge on any atom is -0.374 e. The van der Waals surface area contributed by atoms with Gasteiger partial charge in [0.1, 0.15) is 0 Å². The van der Waals surface area contributed by atoms with Gasteiger partial charge in [0.2, 0.25) is 0 Å². The highest BCUT2D eigenvalue weighted by Gasteiger charge is 2.20.